The van der Waals surface area contributed by atoms with Gasteiger partial charge < -0.3 is 10.2 Å². The number of rotatable bonds is 3. The number of fused-ring (bicyclic) bond motifs is 3. The van der Waals surface area contributed by atoms with Crippen molar-refractivity contribution in [2.24, 2.45) is 0 Å². The van der Waals surface area contributed by atoms with Crippen LogP contribution in [-0.4, -0.2) is 33.4 Å². The van der Waals surface area contributed by atoms with E-state index in [1.165, 1.54) is 0 Å². The molecule has 0 saturated carbocycles. The molecule has 1 N–H and O–H groups in total. The van der Waals surface area contributed by atoms with Gasteiger partial charge in [-0.3, -0.25) is 4.40 Å². The van der Waals surface area contributed by atoms with Gasteiger partial charge in [-0.15, -0.1) is 0 Å². The Bertz CT molecular complexity index is 1070. The lowest BCUT2D eigenvalue weighted by Gasteiger charge is -2.14. The van der Waals surface area contributed by atoms with Crippen molar-refractivity contribution in [3.63, 3.8) is 0 Å². The first-order valence-electron chi connectivity index (χ1n) is 7.56. The average Bonchev–Trinajstić information content (AvgIpc) is 3.08. The summed E-state index contributed by atoms with van der Waals surface area (Å²) in [6, 6.07) is 9.19. The molecule has 0 aliphatic rings. The molecule has 0 atom stereocenters. The maximum absolute atomic E-state index is 6.26. The van der Waals surface area contributed by atoms with Crippen LogP contribution in [0.4, 0.5) is 17.3 Å². The Kier molecular flexibility index (Phi) is 3.86. The first-order chi connectivity index (χ1) is 12.0. The van der Waals surface area contributed by atoms with Crippen molar-refractivity contribution < 1.29 is 0 Å². The van der Waals surface area contributed by atoms with Crippen molar-refractivity contribution in [3.05, 3.63) is 52.9 Å². The van der Waals surface area contributed by atoms with E-state index in [-0.39, 0.29) is 0 Å². The van der Waals surface area contributed by atoms with Crippen molar-refractivity contribution in [3.8, 4) is 0 Å². The lowest BCUT2D eigenvalue weighted by molar-refractivity contribution is 1.06. The number of para-hydroxylation sites is 1. The lowest BCUT2D eigenvalue weighted by atomic mass is 10.3. The normalized spacial score (nSPS) is 11.2. The Labute approximate surface area is 154 Å². The van der Waals surface area contributed by atoms with Gasteiger partial charge in [0.15, 0.2) is 11.5 Å². The zero-order valence-corrected chi connectivity index (χ0v) is 15.0. The van der Waals surface area contributed by atoms with Crippen LogP contribution in [0.5, 0.6) is 0 Å². The Balaban J connectivity index is 1.92. The van der Waals surface area contributed by atoms with Crippen LogP contribution in [0.3, 0.4) is 0 Å². The van der Waals surface area contributed by atoms with E-state index in [1.807, 2.05) is 35.5 Å². The summed E-state index contributed by atoms with van der Waals surface area (Å²) >= 11 is 12.5. The van der Waals surface area contributed by atoms with Crippen molar-refractivity contribution in [2.75, 3.05) is 24.3 Å². The van der Waals surface area contributed by atoms with Gasteiger partial charge in [0.2, 0.25) is 0 Å². The summed E-state index contributed by atoms with van der Waals surface area (Å²) in [5.41, 5.74) is 2.86. The van der Waals surface area contributed by atoms with E-state index >= 15 is 0 Å². The van der Waals surface area contributed by atoms with Crippen LogP contribution < -0.4 is 10.2 Å². The average molecular weight is 373 g/mol. The Morgan fingerprint density at radius 2 is 1.80 bits per heavy atom. The molecule has 0 radical (unpaired) electrons. The number of aromatic nitrogens is 4. The summed E-state index contributed by atoms with van der Waals surface area (Å²) in [5.74, 6) is 1.46. The Hall–Kier alpha value is -2.57. The summed E-state index contributed by atoms with van der Waals surface area (Å²) in [4.78, 5) is 15.5. The van der Waals surface area contributed by atoms with E-state index in [2.05, 4.69) is 20.3 Å². The third kappa shape index (κ3) is 2.73. The van der Waals surface area contributed by atoms with Gasteiger partial charge in [0.1, 0.15) is 23.2 Å². The molecular formula is C17H14Cl2N6. The highest BCUT2D eigenvalue weighted by Crippen LogP contribution is 2.34. The summed E-state index contributed by atoms with van der Waals surface area (Å²) in [7, 11) is 3.89. The molecule has 126 valence electrons. The van der Waals surface area contributed by atoms with Crippen molar-refractivity contribution >= 4 is 57.2 Å². The molecule has 0 amide bonds. The van der Waals surface area contributed by atoms with Crippen LogP contribution in [0.1, 0.15) is 0 Å². The molecule has 3 heterocycles. The van der Waals surface area contributed by atoms with E-state index < -0.39 is 0 Å². The van der Waals surface area contributed by atoms with E-state index in [0.29, 0.717) is 21.6 Å². The van der Waals surface area contributed by atoms with Gasteiger partial charge in [0, 0.05) is 14.1 Å². The van der Waals surface area contributed by atoms with Crippen LogP contribution in [0, 0.1) is 0 Å². The molecule has 25 heavy (non-hydrogen) atoms. The number of nitrogens with zero attached hydrogens (tertiary/aromatic N) is 5. The summed E-state index contributed by atoms with van der Waals surface area (Å²) in [6.07, 6.45) is 3.44. The zero-order valence-electron chi connectivity index (χ0n) is 13.5. The lowest BCUT2D eigenvalue weighted by Crippen LogP contribution is -2.11. The molecule has 0 saturated heterocycles. The molecule has 0 aliphatic heterocycles. The number of hydrogen-bond acceptors (Lipinski definition) is 5. The fourth-order valence-electron chi connectivity index (χ4n) is 2.59. The largest absolute Gasteiger partial charge is 0.363 e. The number of halogens is 2. The van der Waals surface area contributed by atoms with Gasteiger partial charge in [0.25, 0.3) is 0 Å². The second kappa shape index (κ2) is 6.06. The minimum Gasteiger partial charge on any atom is -0.363 e. The van der Waals surface area contributed by atoms with E-state index in [1.54, 1.807) is 30.7 Å². The quantitative estimate of drug-likeness (QED) is 0.577. The van der Waals surface area contributed by atoms with Crippen molar-refractivity contribution in [1.82, 2.24) is 19.4 Å². The van der Waals surface area contributed by atoms with E-state index in [9.17, 15) is 0 Å². The molecular weight excluding hydrogens is 359 g/mol. The molecule has 4 rings (SSSR count). The molecule has 8 heteroatoms. The number of benzene rings is 1. The van der Waals surface area contributed by atoms with Gasteiger partial charge in [-0.05, 0) is 24.3 Å². The van der Waals surface area contributed by atoms with Gasteiger partial charge >= 0.3 is 0 Å². The summed E-state index contributed by atoms with van der Waals surface area (Å²) in [5, 5.41) is 4.27. The fraction of sp³-hybridized carbons (Fsp3) is 0.118. The maximum atomic E-state index is 6.26. The minimum atomic E-state index is 0.521. The molecule has 6 nitrogen and oxygen atoms in total. The smallest absolute Gasteiger partial charge is 0.166 e. The summed E-state index contributed by atoms with van der Waals surface area (Å²) < 4.78 is 1.89. The van der Waals surface area contributed by atoms with Crippen molar-refractivity contribution in [1.29, 1.82) is 0 Å². The van der Waals surface area contributed by atoms with Gasteiger partial charge in [-0.25, -0.2) is 15.0 Å². The third-order valence-corrected chi connectivity index (χ3v) is 4.48. The predicted octanol–water partition coefficient (Wildman–Crippen LogP) is 4.39. The predicted molar refractivity (Wildman–Crippen MR) is 102 cm³/mol. The molecule has 0 aliphatic carbocycles. The van der Waals surface area contributed by atoms with Crippen LogP contribution in [0.2, 0.25) is 10.0 Å². The first-order valence-corrected chi connectivity index (χ1v) is 8.31. The molecule has 0 fully saturated rings. The second-order valence-electron chi connectivity index (χ2n) is 5.74. The zero-order chi connectivity index (χ0) is 17.6. The number of hydrogen-bond donors (Lipinski definition) is 1. The van der Waals surface area contributed by atoms with Gasteiger partial charge in [-0.2, -0.15) is 0 Å². The highest BCUT2D eigenvalue weighted by Gasteiger charge is 2.14. The number of pyridine rings is 1. The topological polar surface area (TPSA) is 58.4 Å². The first kappa shape index (κ1) is 15.9. The fourth-order valence-corrected chi connectivity index (χ4v) is 3.08. The van der Waals surface area contributed by atoms with E-state index in [0.717, 1.165) is 22.5 Å². The molecule has 0 spiro atoms. The third-order valence-electron chi connectivity index (χ3n) is 3.85. The van der Waals surface area contributed by atoms with Crippen LogP contribution in [0.15, 0.2) is 42.9 Å². The standard InChI is InChI=1S/C17H14Cl2N6/c1-24(2)14-7-6-12-17(22-14)25-9-20-8-13(25)16(21-12)23-15-10(18)4-3-5-11(15)19/h3-9H,1-2H3,(H,21,23). The molecule has 0 unspecified atom stereocenters. The Morgan fingerprint density at radius 3 is 2.52 bits per heavy atom. The highest BCUT2D eigenvalue weighted by atomic mass is 35.5. The number of anilines is 3. The molecule has 3 aromatic heterocycles. The van der Waals surface area contributed by atoms with Gasteiger partial charge in [-0.1, -0.05) is 29.3 Å². The SMILES string of the molecule is CN(C)c1ccc2nc(Nc3c(Cl)cccc3Cl)c3cncn3c2n1. The second-order valence-corrected chi connectivity index (χ2v) is 6.55. The van der Waals surface area contributed by atoms with Crippen LogP contribution >= 0.6 is 23.2 Å². The van der Waals surface area contributed by atoms with Crippen LogP contribution in [-0.2, 0) is 0 Å². The highest BCUT2D eigenvalue weighted by molar-refractivity contribution is 6.39. The summed E-state index contributed by atoms with van der Waals surface area (Å²) in [6.45, 7) is 0. The van der Waals surface area contributed by atoms with Crippen LogP contribution in [0.25, 0.3) is 16.7 Å². The number of nitrogens with one attached hydrogen (secondary N) is 1. The Morgan fingerprint density at radius 1 is 1.04 bits per heavy atom. The van der Waals surface area contributed by atoms with Crippen molar-refractivity contribution in [2.45, 2.75) is 0 Å². The maximum Gasteiger partial charge on any atom is 0.166 e. The molecule has 1 aromatic carbocycles. The van der Waals surface area contributed by atoms with E-state index in [4.69, 9.17) is 23.2 Å². The minimum absolute atomic E-state index is 0.521. The molecule has 4 aromatic rings. The number of imidazole rings is 1. The molecule has 0 bridgehead atoms. The monoisotopic (exact) mass is 372 g/mol. The van der Waals surface area contributed by atoms with Gasteiger partial charge in [0.05, 0.1) is 21.9 Å².